The molecule has 190 valence electrons. The number of methoxy groups -OCH3 is 1. The molecule has 1 atom stereocenters. The molecule has 37 heavy (non-hydrogen) atoms. The molecule has 0 aliphatic carbocycles. The Labute approximate surface area is 218 Å². The maximum atomic E-state index is 13.7. The van der Waals surface area contributed by atoms with Crippen LogP contribution >= 0.6 is 11.8 Å². The van der Waals surface area contributed by atoms with E-state index in [1.807, 2.05) is 62.4 Å². The molecular weight excluding hydrogens is 490 g/mol. The number of nitrogens with one attached hydrogen (secondary N) is 1. The van der Waals surface area contributed by atoms with Crippen LogP contribution in [-0.2, 0) is 11.3 Å². The zero-order valence-electron chi connectivity index (χ0n) is 20.8. The highest BCUT2D eigenvalue weighted by molar-refractivity contribution is 8.00. The van der Waals surface area contributed by atoms with Crippen molar-refractivity contribution < 1.29 is 19.0 Å². The van der Waals surface area contributed by atoms with Crippen LogP contribution in [0, 0.1) is 6.92 Å². The van der Waals surface area contributed by atoms with Gasteiger partial charge in [0.15, 0.2) is 16.7 Å². The van der Waals surface area contributed by atoms with Gasteiger partial charge in [-0.2, -0.15) is 0 Å². The number of aryl methyl sites for hydroxylation is 1. The first-order chi connectivity index (χ1) is 17.9. The fourth-order valence-electron chi connectivity index (χ4n) is 4.04. The summed E-state index contributed by atoms with van der Waals surface area (Å²) in [5, 5.41) is 3.41. The molecule has 0 saturated heterocycles. The van der Waals surface area contributed by atoms with Gasteiger partial charge in [0.1, 0.15) is 5.75 Å². The first-order valence-electron chi connectivity index (χ1n) is 12.0. The fourth-order valence-corrected chi connectivity index (χ4v) is 5.06. The SMILES string of the molecule is CC[C@@H](Sc1nc2cc3c(cc2c(=O)n1Cc1ccc(OC)cc1)OCO3)C(=O)Nc1ccc(C)cc1. The standard InChI is InChI=1S/C28H27N3O5S/c1-4-25(26(32)29-19-9-5-17(2)6-10-19)37-28-30-22-14-24-23(35-16-36-24)13-21(22)27(33)31(28)15-18-7-11-20(34-3)12-8-18/h5-14,25H,4,15-16H2,1-3H3,(H,29,32)/t25-/m1/s1. The first-order valence-corrected chi connectivity index (χ1v) is 12.8. The summed E-state index contributed by atoms with van der Waals surface area (Å²) in [6, 6.07) is 18.6. The summed E-state index contributed by atoms with van der Waals surface area (Å²) in [7, 11) is 1.61. The Hall–Kier alpha value is -3.98. The van der Waals surface area contributed by atoms with Crippen molar-refractivity contribution in [3.8, 4) is 17.2 Å². The first kappa shape index (κ1) is 24.7. The van der Waals surface area contributed by atoms with Crippen LogP contribution in [0.25, 0.3) is 10.9 Å². The monoisotopic (exact) mass is 517 g/mol. The average molecular weight is 518 g/mol. The van der Waals surface area contributed by atoms with Crippen molar-refractivity contribution in [3.63, 3.8) is 0 Å². The van der Waals surface area contributed by atoms with Crippen molar-refractivity contribution in [2.24, 2.45) is 0 Å². The van der Waals surface area contributed by atoms with E-state index in [2.05, 4.69) is 5.32 Å². The summed E-state index contributed by atoms with van der Waals surface area (Å²) in [5.41, 5.74) is 3.03. The largest absolute Gasteiger partial charge is 0.497 e. The molecule has 2 heterocycles. The quantitative estimate of drug-likeness (QED) is 0.260. The summed E-state index contributed by atoms with van der Waals surface area (Å²) < 4.78 is 17.8. The number of hydrogen-bond donors (Lipinski definition) is 1. The lowest BCUT2D eigenvalue weighted by molar-refractivity contribution is -0.115. The van der Waals surface area contributed by atoms with Crippen molar-refractivity contribution in [1.82, 2.24) is 9.55 Å². The van der Waals surface area contributed by atoms with Gasteiger partial charge in [-0.3, -0.25) is 14.2 Å². The second-order valence-electron chi connectivity index (χ2n) is 8.73. The molecule has 9 heteroatoms. The Kier molecular flexibility index (Phi) is 7.05. The Morgan fingerprint density at radius 1 is 1.11 bits per heavy atom. The highest BCUT2D eigenvalue weighted by Crippen LogP contribution is 2.35. The second-order valence-corrected chi connectivity index (χ2v) is 9.90. The Bertz CT molecular complexity index is 1500. The van der Waals surface area contributed by atoms with Crippen molar-refractivity contribution in [2.75, 3.05) is 19.2 Å². The lowest BCUT2D eigenvalue weighted by Crippen LogP contribution is -2.28. The molecule has 0 unspecified atom stereocenters. The number of rotatable bonds is 8. The van der Waals surface area contributed by atoms with Crippen LogP contribution in [0.3, 0.4) is 0 Å². The van der Waals surface area contributed by atoms with Gasteiger partial charge >= 0.3 is 0 Å². The molecule has 8 nitrogen and oxygen atoms in total. The lowest BCUT2D eigenvalue weighted by Gasteiger charge is -2.18. The van der Waals surface area contributed by atoms with Gasteiger partial charge in [0.25, 0.3) is 5.56 Å². The van der Waals surface area contributed by atoms with Gasteiger partial charge < -0.3 is 19.5 Å². The smallest absolute Gasteiger partial charge is 0.262 e. The minimum atomic E-state index is -0.457. The highest BCUT2D eigenvalue weighted by Gasteiger charge is 2.24. The molecule has 1 N–H and O–H groups in total. The molecule has 0 spiro atoms. The molecule has 4 aromatic rings. The number of carbonyl (C=O) groups is 1. The number of thioether (sulfide) groups is 1. The zero-order valence-corrected chi connectivity index (χ0v) is 21.6. The van der Waals surface area contributed by atoms with Crippen LogP contribution in [0.2, 0.25) is 0 Å². The summed E-state index contributed by atoms with van der Waals surface area (Å²) in [6.45, 7) is 4.33. The zero-order chi connectivity index (χ0) is 25.9. The van der Waals surface area contributed by atoms with Crippen LogP contribution < -0.4 is 25.1 Å². The Morgan fingerprint density at radius 3 is 2.49 bits per heavy atom. The molecule has 0 bridgehead atoms. The third-order valence-electron chi connectivity index (χ3n) is 6.14. The average Bonchev–Trinajstić information content (AvgIpc) is 3.37. The van der Waals surface area contributed by atoms with E-state index in [-0.39, 0.29) is 18.3 Å². The van der Waals surface area contributed by atoms with Crippen LogP contribution in [0.5, 0.6) is 17.2 Å². The molecule has 1 aliphatic heterocycles. The van der Waals surface area contributed by atoms with E-state index in [0.717, 1.165) is 22.6 Å². The maximum Gasteiger partial charge on any atom is 0.262 e. The highest BCUT2D eigenvalue weighted by atomic mass is 32.2. The van der Waals surface area contributed by atoms with Gasteiger partial charge in [-0.15, -0.1) is 0 Å². The number of nitrogens with zero attached hydrogens (tertiary/aromatic N) is 2. The van der Waals surface area contributed by atoms with E-state index in [0.29, 0.717) is 40.5 Å². The van der Waals surface area contributed by atoms with E-state index in [9.17, 15) is 9.59 Å². The van der Waals surface area contributed by atoms with Crippen LogP contribution in [0.4, 0.5) is 5.69 Å². The van der Waals surface area contributed by atoms with Gasteiger partial charge in [-0.05, 0) is 49.2 Å². The number of hydrogen-bond acceptors (Lipinski definition) is 7. The van der Waals surface area contributed by atoms with E-state index >= 15 is 0 Å². The molecule has 0 radical (unpaired) electrons. The number of aromatic nitrogens is 2. The predicted molar refractivity (Wildman–Crippen MR) is 144 cm³/mol. The normalized spacial score (nSPS) is 12.9. The van der Waals surface area contributed by atoms with Crippen LogP contribution in [0.1, 0.15) is 24.5 Å². The van der Waals surface area contributed by atoms with Gasteiger partial charge in [-0.25, -0.2) is 4.98 Å². The van der Waals surface area contributed by atoms with Gasteiger partial charge in [0.05, 0.1) is 29.8 Å². The van der Waals surface area contributed by atoms with Gasteiger partial charge in [-0.1, -0.05) is 48.5 Å². The Morgan fingerprint density at radius 2 is 1.81 bits per heavy atom. The summed E-state index contributed by atoms with van der Waals surface area (Å²) >= 11 is 1.28. The number of ether oxygens (including phenoxy) is 3. The van der Waals surface area contributed by atoms with E-state index in [4.69, 9.17) is 19.2 Å². The van der Waals surface area contributed by atoms with Crippen molar-refractivity contribution in [2.45, 2.75) is 37.2 Å². The van der Waals surface area contributed by atoms with E-state index in [1.54, 1.807) is 23.8 Å². The molecule has 1 aliphatic rings. The molecule has 0 fully saturated rings. The molecule has 3 aromatic carbocycles. The maximum absolute atomic E-state index is 13.7. The topological polar surface area (TPSA) is 91.7 Å². The molecule has 1 aromatic heterocycles. The van der Waals surface area contributed by atoms with Crippen molar-refractivity contribution >= 4 is 34.3 Å². The number of fused-ring (bicyclic) bond motifs is 2. The lowest BCUT2D eigenvalue weighted by atomic mass is 10.2. The van der Waals surface area contributed by atoms with Crippen molar-refractivity contribution in [1.29, 1.82) is 0 Å². The third-order valence-corrected chi connectivity index (χ3v) is 7.50. The second kappa shape index (κ2) is 10.6. The minimum absolute atomic E-state index is 0.102. The number of benzene rings is 3. The van der Waals surface area contributed by atoms with Crippen LogP contribution in [-0.4, -0.2) is 34.6 Å². The summed E-state index contributed by atoms with van der Waals surface area (Å²) in [6.07, 6.45) is 0.555. The third kappa shape index (κ3) is 5.27. The number of amides is 1. The molecule has 1 amide bonds. The van der Waals surface area contributed by atoms with Gasteiger partial charge in [0.2, 0.25) is 12.7 Å². The number of anilines is 1. The van der Waals surface area contributed by atoms with Gasteiger partial charge in [0, 0.05) is 11.8 Å². The molecular formula is C28H27N3O5S. The minimum Gasteiger partial charge on any atom is -0.497 e. The predicted octanol–water partition coefficient (Wildman–Crippen LogP) is 5.00. The number of carbonyl (C=O) groups excluding carboxylic acids is 1. The van der Waals surface area contributed by atoms with Crippen LogP contribution in [0.15, 0.2) is 70.6 Å². The molecule has 0 saturated carbocycles. The van der Waals surface area contributed by atoms with Crippen molar-refractivity contribution in [3.05, 3.63) is 82.1 Å². The summed E-state index contributed by atoms with van der Waals surface area (Å²) in [4.78, 5) is 31.7. The van der Waals surface area contributed by atoms with E-state index < -0.39 is 5.25 Å². The van der Waals surface area contributed by atoms with E-state index in [1.165, 1.54) is 11.8 Å². The fraction of sp³-hybridized carbons (Fsp3) is 0.250. The Balaban J connectivity index is 1.52. The summed E-state index contributed by atoms with van der Waals surface area (Å²) in [5.74, 6) is 1.65. The molecule has 5 rings (SSSR count).